The highest BCUT2D eigenvalue weighted by Gasteiger charge is 2.15. The molecule has 0 radical (unpaired) electrons. The lowest BCUT2D eigenvalue weighted by Gasteiger charge is -2.15. The van der Waals surface area contributed by atoms with Crippen LogP contribution < -0.4 is 25.7 Å². The van der Waals surface area contributed by atoms with Crippen molar-refractivity contribution < 1.29 is 14.3 Å². The Kier molecular flexibility index (Phi) is 7.68. The highest BCUT2D eigenvalue weighted by Crippen LogP contribution is 2.35. The van der Waals surface area contributed by atoms with Crippen LogP contribution >= 0.6 is 0 Å². The molecule has 0 aliphatic carbocycles. The van der Waals surface area contributed by atoms with Crippen LogP contribution in [0.4, 0.5) is 11.4 Å². The number of carbonyl (C=O) groups is 1. The smallest absolute Gasteiger partial charge is 0.294 e. The van der Waals surface area contributed by atoms with Crippen LogP contribution in [0.2, 0.25) is 0 Å². The van der Waals surface area contributed by atoms with E-state index in [-0.39, 0.29) is 22.9 Å². The number of anilines is 2. The van der Waals surface area contributed by atoms with Gasteiger partial charge in [-0.05, 0) is 63.0 Å². The van der Waals surface area contributed by atoms with Crippen LogP contribution in [0.5, 0.6) is 17.2 Å². The number of hydrogen-bond donors (Lipinski definition) is 2. The normalized spacial score (nSPS) is 10.7. The maximum absolute atomic E-state index is 12.8. The lowest BCUT2D eigenvalue weighted by atomic mass is 10.2. The van der Waals surface area contributed by atoms with E-state index in [1.165, 1.54) is 10.9 Å². The molecule has 33 heavy (non-hydrogen) atoms. The van der Waals surface area contributed by atoms with Gasteiger partial charge >= 0.3 is 0 Å². The first kappa shape index (κ1) is 23.8. The summed E-state index contributed by atoms with van der Waals surface area (Å²) < 4.78 is 12.6. The molecular formula is C24H29N5O4. The average molecular weight is 452 g/mol. The van der Waals surface area contributed by atoms with Crippen molar-refractivity contribution in [2.75, 3.05) is 39.6 Å². The molecule has 3 rings (SSSR count). The minimum Gasteiger partial charge on any atom is -0.493 e. The van der Waals surface area contributed by atoms with Gasteiger partial charge in [0.25, 0.3) is 11.5 Å². The van der Waals surface area contributed by atoms with Crippen LogP contribution in [-0.2, 0) is 7.05 Å². The molecule has 0 aliphatic rings. The number of aromatic nitrogens is 2. The van der Waals surface area contributed by atoms with E-state index in [1.54, 1.807) is 44.5 Å². The number of likely N-dealkylation sites (N-methyl/N-ethyl adjacent to an activating group) is 1. The van der Waals surface area contributed by atoms with Crippen LogP contribution in [-0.4, -0.2) is 54.9 Å². The zero-order valence-corrected chi connectivity index (χ0v) is 19.5. The molecule has 9 heteroatoms. The standard InChI is InChI=1S/C24H29N5O4/c1-16-6-11-19(20(14-16)32-5)33-21-15-26-29(4)24(31)22(21)27-18-9-7-17(8-10-18)23(30)25-12-13-28(2)3/h6-11,14-15,27H,12-13H2,1-5H3,(H,25,30). The van der Waals surface area contributed by atoms with Crippen LogP contribution in [0.1, 0.15) is 15.9 Å². The Morgan fingerprint density at radius 3 is 2.48 bits per heavy atom. The van der Waals surface area contributed by atoms with Gasteiger partial charge in [0.2, 0.25) is 0 Å². The SMILES string of the molecule is COc1cc(C)ccc1Oc1cnn(C)c(=O)c1Nc1ccc(C(=O)NCCN(C)C)cc1. The van der Waals surface area contributed by atoms with E-state index in [2.05, 4.69) is 15.7 Å². The number of methoxy groups -OCH3 is 1. The van der Waals surface area contributed by atoms with E-state index in [0.29, 0.717) is 29.3 Å². The third kappa shape index (κ3) is 6.11. The second-order valence-corrected chi connectivity index (χ2v) is 7.83. The minimum atomic E-state index is -0.357. The summed E-state index contributed by atoms with van der Waals surface area (Å²) in [4.78, 5) is 27.1. The fourth-order valence-corrected chi connectivity index (χ4v) is 3.04. The summed E-state index contributed by atoms with van der Waals surface area (Å²) in [6, 6.07) is 12.4. The highest BCUT2D eigenvalue weighted by atomic mass is 16.5. The van der Waals surface area contributed by atoms with Gasteiger partial charge < -0.3 is 25.0 Å². The fourth-order valence-electron chi connectivity index (χ4n) is 3.04. The molecule has 0 fully saturated rings. The predicted molar refractivity (Wildman–Crippen MR) is 128 cm³/mol. The van der Waals surface area contributed by atoms with Gasteiger partial charge in [-0.15, -0.1) is 0 Å². The van der Waals surface area contributed by atoms with Crippen molar-refractivity contribution in [3.05, 3.63) is 70.1 Å². The Morgan fingerprint density at radius 1 is 1.09 bits per heavy atom. The number of benzene rings is 2. The molecule has 0 saturated heterocycles. The third-order valence-corrected chi connectivity index (χ3v) is 4.90. The van der Waals surface area contributed by atoms with E-state index in [1.807, 2.05) is 38.1 Å². The van der Waals surface area contributed by atoms with E-state index in [4.69, 9.17) is 9.47 Å². The van der Waals surface area contributed by atoms with Gasteiger partial charge in [0.15, 0.2) is 22.9 Å². The molecule has 1 heterocycles. The van der Waals surface area contributed by atoms with E-state index in [0.717, 1.165) is 12.1 Å². The number of ether oxygens (including phenoxy) is 2. The number of rotatable bonds is 9. The number of aryl methyl sites for hydroxylation is 2. The van der Waals surface area contributed by atoms with E-state index in [9.17, 15) is 9.59 Å². The van der Waals surface area contributed by atoms with Gasteiger partial charge in [-0.1, -0.05) is 6.07 Å². The second-order valence-electron chi connectivity index (χ2n) is 7.83. The first-order valence-corrected chi connectivity index (χ1v) is 10.5. The molecule has 174 valence electrons. The number of nitrogens with zero attached hydrogens (tertiary/aromatic N) is 3. The summed E-state index contributed by atoms with van der Waals surface area (Å²) in [7, 11) is 7.01. The molecule has 0 atom stereocenters. The zero-order chi connectivity index (χ0) is 24.0. The Balaban J connectivity index is 1.82. The molecule has 3 aromatic rings. The van der Waals surface area contributed by atoms with Crippen molar-refractivity contribution in [2.24, 2.45) is 7.05 Å². The minimum absolute atomic E-state index is 0.154. The summed E-state index contributed by atoms with van der Waals surface area (Å²) in [5.74, 6) is 1.11. The molecular weight excluding hydrogens is 422 g/mol. The maximum atomic E-state index is 12.8. The Labute approximate surface area is 192 Å². The number of carbonyl (C=O) groups excluding carboxylic acids is 1. The number of amides is 1. The van der Waals surface area contributed by atoms with Crippen LogP contribution in [0.15, 0.2) is 53.5 Å². The first-order valence-electron chi connectivity index (χ1n) is 10.5. The molecule has 0 saturated carbocycles. The lowest BCUT2D eigenvalue weighted by molar-refractivity contribution is 0.0951. The summed E-state index contributed by atoms with van der Waals surface area (Å²) in [6.07, 6.45) is 1.47. The molecule has 0 bridgehead atoms. The van der Waals surface area contributed by atoms with Crippen LogP contribution in [0.25, 0.3) is 0 Å². The highest BCUT2D eigenvalue weighted by molar-refractivity contribution is 5.94. The molecule has 0 aliphatic heterocycles. The van der Waals surface area contributed by atoms with Gasteiger partial charge in [0.1, 0.15) is 0 Å². The average Bonchev–Trinajstić information content (AvgIpc) is 2.79. The van der Waals surface area contributed by atoms with Crippen molar-refractivity contribution in [3.8, 4) is 17.2 Å². The molecule has 0 unspecified atom stereocenters. The largest absolute Gasteiger partial charge is 0.493 e. The maximum Gasteiger partial charge on any atom is 0.294 e. The van der Waals surface area contributed by atoms with Gasteiger partial charge in [-0.2, -0.15) is 5.10 Å². The van der Waals surface area contributed by atoms with Gasteiger partial charge in [-0.3, -0.25) is 9.59 Å². The van der Waals surface area contributed by atoms with Crippen molar-refractivity contribution in [1.29, 1.82) is 0 Å². The lowest BCUT2D eigenvalue weighted by Crippen LogP contribution is -2.31. The zero-order valence-electron chi connectivity index (χ0n) is 19.5. The van der Waals surface area contributed by atoms with Gasteiger partial charge in [-0.25, -0.2) is 4.68 Å². The quantitative estimate of drug-likeness (QED) is 0.516. The Hall–Kier alpha value is -3.85. The fraction of sp³-hybridized carbons (Fsp3) is 0.292. The molecule has 2 N–H and O–H groups in total. The van der Waals surface area contributed by atoms with Crippen LogP contribution in [0, 0.1) is 6.92 Å². The molecule has 9 nitrogen and oxygen atoms in total. The van der Waals surface area contributed by atoms with E-state index >= 15 is 0 Å². The summed E-state index contributed by atoms with van der Waals surface area (Å²) in [6.45, 7) is 3.26. The summed E-state index contributed by atoms with van der Waals surface area (Å²) in [5.41, 5.74) is 2.04. The third-order valence-electron chi connectivity index (χ3n) is 4.90. The first-order chi connectivity index (χ1) is 15.8. The molecule has 2 aromatic carbocycles. The Morgan fingerprint density at radius 2 is 1.82 bits per heavy atom. The molecule has 1 amide bonds. The summed E-state index contributed by atoms with van der Waals surface area (Å²) >= 11 is 0. The topological polar surface area (TPSA) is 97.7 Å². The number of hydrogen-bond acceptors (Lipinski definition) is 7. The Bertz CT molecular complexity index is 1170. The van der Waals surface area contributed by atoms with Gasteiger partial charge in [0, 0.05) is 31.4 Å². The van der Waals surface area contributed by atoms with Crippen molar-refractivity contribution in [1.82, 2.24) is 20.0 Å². The van der Waals surface area contributed by atoms with Crippen molar-refractivity contribution in [3.63, 3.8) is 0 Å². The number of nitrogens with one attached hydrogen (secondary N) is 2. The molecule has 1 aromatic heterocycles. The van der Waals surface area contributed by atoms with Crippen LogP contribution in [0.3, 0.4) is 0 Å². The summed E-state index contributed by atoms with van der Waals surface area (Å²) in [5, 5.41) is 10.0. The second kappa shape index (κ2) is 10.6. The van der Waals surface area contributed by atoms with Crippen molar-refractivity contribution >= 4 is 17.3 Å². The van der Waals surface area contributed by atoms with Crippen molar-refractivity contribution in [2.45, 2.75) is 6.92 Å². The van der Waals surface area contributed by atoms with E-state index < -0.39 is 0 Å². The van der Waals surface area contributed by atoms with Gasteiger partial charge in [0.05, 0.1) is 13.3 Å². The molecule has 0 spiro atoms. The predicted octanol–water partition coefficient (Wildman–Crippen LogP) is 2.92. The monoisotopic (exact) mass is 451 g/mol.